The molecule has 1 saturated heterocycles. The average Bonchev–Trinajstić information content (AvgIpc) is 2.98. The second-order valence-electron chi connectivity index (χ2n) is 9.47. The van der Waals surface area contributed by atoms with Crippen LogP contribution in [0.4, 0.5) is 4.79 Å². The summed E-state index contributed by atoms with van der Waals surface area (Å²) in [5.74, 6) is 1.39. The molecular weight excluding hydrogens is 350 g/mol. The van der Waals surface area contributed by atoms with Crippen molar-refractivity contribution >= 4 is 11.9 Å². The molecule has 1 heterocycles. The molecule has 0 spiro atoms. The number of nitrogens with one attached hydrogen (secondary N) is 2. The van der Waals surface area contributed by atoms with E-state index in [1.54, 1.807) is 0 Å². The molecule has 2 N–H and O–H groups in total. The van der Waals surface area contributed by atoms with Crippen LogP contribution >= 0.6 is 0 Å². The van der Waals surface area contributed by atoms with Gasteiger partial charge in [0.2, 0.25) is 0 Å². The summed E-state index contributed by atoms with van der Waals surface area (Å²) in [7, 11) is 2.24. The highest BCUT2D eigenvalue weighted by atomic mass is 16.2. The van der Waals surface area contributed by atoms with Crippen LogP contribution in [0.3, 0.4) is 0 Å². The molecule has 1 aliphatic carbocycles. The number of rotatable bonds is 13. The number of hydrogen-bond donors (Lipinski definition) is 2. The molecule has 2 rings (SSSR count). The number of carbonyl (C=O) groups is 2. The van der Waals surface area contributed by atoms with Gasteiger partial charge in [-0.15, -0.1) is 0 Å². The van der Waals surface area contributed by atoms with Gasteiger partial charge in [0.15, 0.2) is 0 Å². The molecule has 2 fully saturated rings. The van der Waals surface area contributed by atoms with Crippen molar-refractivity contribution in [2.45, 2.75) is 96.9 Å². The summed E-state index contributed by atoms with van der Waals surface area (Å²) in [5.41, 5.74) is 0. The molecule has 2 aliphatic rings. The van der Waals surface area contributed by atoms with Crippen molar-refractivity contribution in [1.82, 2.24) is 15.5 Å². The maximum Gasteiger partial charge on any atom is 0.322 e. The predicted octanol–water partition coefficient (Wildman–Crippen LogP) is 4.71. The van der Waals surface area contributed by atoms with E-state index in [4.69, 9.17) is 0 Å². The van der Waals surface area contributed by atoms with E-state index in [1.807, 2.05) is 0 Å². The number of unbranched alkanes of at least 4 members (excludes halogenated alkanes) is 8. The molecule has 4 unspecified atom stereocenters. The third kappa shape index (κ3) is 8.10. The molecule has 0 aromatic heterocycles. The Morgan fingerprint density at radius 1 is 0.929 bits per heavy atom. The van der Waals surface area contributed by atoms with Gasteiger partial charge in [0.1, 0.15) is 6.04 Å². The van der Waals surface area contributed by atoms with Gasteiger partial charge in [0.05, 0.1) is 0 Å². The number of urea groups is 1. The molecule has 0 aromatic carbocycles. The van der Waals surface area contributed by atoms with E-state index in [0.29, 0.717) is 11.8 Å². The van der Waals surface area contributed by atoms with Crippen LogP contribution in [-0.4, -0.2) is 43.0 Å². The van der Waals surface area contributed by atoms with Crippen LogP contribution in [0.15, 0.2) is 0 Å². The first kappa shape index (κ1) is 23.2. The zero-order valence-electron chi connectivity index (χ0n) is 18.5. The quantitative estimate of drug-likeness (QED) is 0.352. The largest absolute Gasteiger partial charge is 0.326 e. The molecule has 0 aromatic rings. The van der Waals surface area contributed by atoms with Crippen molar-refractivity contribution in [2.24, 2.45) is 17.8 Å². The number of amides is 3. The van der Waals surface area contributed by atoms with E-state index >= 15 is 0 Å². The van der Waals surface area contributed by atoms with Gasteiger partial charge in [-0.05, 0) is 57.0 Å². The highest BCUT2D eigenvalue weighted by Crippen LogP contribution is 2.36. The lowest BCUT2D eigenvalue weighted by Gasteiger charge is -2.37. The second-order valence-corrected chi connectivity index (χ2v) is 9.47. The molecular formula is C23H43N3O2. The lowest BCUT2D eigenvalue weighted by atomic mass is 9.73. The van der Waals surface area contributed by atoms with Gasteiger partial charge in [-0.2, -0.15) is 0 Å². The van der Waals surface area contributed by atoms with Gasteiger partial charge in [0.25, 0.3) is 5.91 Å². The Bertz CT molecular complexity index is 482. The Labute approximate surface area is 172 Å². The predicted molar refractivity (Wildman–Crippen MR) is 115 cm³/mol. The fourth-order valence-electron chi connectivity index (χ4n) is 5.21. The first-order chi connectivity index (χ1) is 13.5. The molecule has 3 amide bonds. The van der Waals surface area contributed by atoms with Gasteiger partial charge in [-0.25, -0.2) is 4.79 Å². The Morgan fingerprint density at radius 2 is 1.57 bits per heavy atom. The number of carbonyl (C=O) groups excluding carboxylic acids is 2. The lowest BCUT2D eigenvalue weighted by molar-refractivity contribution is -0.121. The van der Waals surface area contributed by atoms with Gasteiger partial charge in [0, 0.05) is 6.54 Å². The molecule has 5 heteroatoms. The summed E-state index contributed by atoms with van der Waals surface area (Å²) in [4.78, 5) is 26.0. The van der Waals surface area contributed by atoms with Crippen LogP contribution in [0.25, 0.3) is 0 Å². The van der Waals surface area contributed by atoms with Crippen molar-refractivity contribution < 1.29 is 9.59 Å². The summed E-state index contributed by atoms with van der Waals surface area (Å²) >= 11 is 0. The highest BCUT2D eigenvalue weighted by Gasteiger charge is 2.40. The molecule has 5 nitrogen and oxygen atoms in total. The van der Waals surface area contributed by atoms with Crippen LogP contribution in [0, 0.1) is 17.8 Å². The first-order valence-corrected chi connectivity index (χ1v) is 11.8. The third-order valence-corrected chi connectivity index (χ3v) is 6.57. The summed E-state index contributed by atoms with van der Waals surface area (Å²) < 4.78 is 0. The number of hydrogen-bond acceptors (Lipinski definition) is 3. The van der Waals surface area contributed by atoms with E-state index in [0.717, 1.165) is 19.4 Å². The van der Waals surface area contributed by atoms with E-state index in [2.05, 4.69) is 36.4 Å². The Kier molecular flexibility index (Phi) is 10.3. The maximum absolute atomic E-state index is 12.0. The SMILES string of the molecule is CCCCCCCCCCCN(C)CC1CC(C)CC(C2NC(=O)NC2=O)C1. The van der Waals surface area contributed by atoms with Crippen molar-refractivity contribution in [3.8, 4) is 0 Å². The standard InChI is InChI=1S/C23H43N3O2/c1-4-5-6-7-8-9-10-11-12-13-26(3)17-19-14-18(2)15-20(16-19)21-22(27)25-23(28)24-21/h18-21H,4-17H2,1-3H3,(H2,24,25,27,28). The van der Waals surface area contributed by atoms with Gasteiger partial charge in [-0.3, -0.25) is 10.1 Å². The minimum absolute atomic E-state index is 0.133. The summed E-state index contributed by atoms with van der Waals surface area (Å²) in [5, 5.41) is 5.22. The van der Waals surface area contributed by atoms with E-state index in [1.165, 1.54) is 70.8 Å². The maximum atomic E-state index is 12.0. The summed E-state index contributed by atoms with van der Waals surface area (Å²) in [6, 6.07) is -0.646. The Balaban J connectivity index is 1.60. The smallest absolute Gasteiger partial charge is 0.322 e. The molecule has 1 aliphatic heterocycles. The van der Waals surface area contributed by atoms with E-state index in [-0.39, 0.29) is 23.9 Å². The minimum atomic E-state index is -0.327. The highest BCUT2D eigenvalue weighted by molar-refractivity contribution is 6.04. The van der Waals surface area contributed by atoms with Crippen molar-refractivity contribution in [2.75, 3.05) is 20.1 Å². The number of nitrogens with zero attached hydrogens (tertiary/aromatic N) is 1. The molecule has 4 atom stereocenters. The normalized spacial score (nSPS) is 27.9. The minimum Gasteiger partial charge on any atom is -0.326 e. The second kappa shape index (κ2) is 12.5. The van der Waals surface area contributed by atoms with E-state index < -0.39 is 0 Å². The molecule has 28 heavy (non-hydrogen) atoms. The molecule has 0 radical (unpaired) electrons. The zero-order chi connectivity index (χ0) is 20.4. The lowest BCUT2D eigenvalue weighted by Crippen LogP contribution is -2.42. The van der Waals surface area contributed by atoms with Crippen molar-refractivity contribution in [1.29, 1.82) is 0 Å². The Morgan fingerprint density at radius 3 is 2.18 bits per heavy atom. The van der Waals surface area contributed by atoms with E-state index in [9.17, 15) is 9.59 Å². The van der Waals surface area contributed by atoms with Crippen LogP contribution in [0.2, 0.25) is 0 Å². The van der Waals surface area contributed by atoms with Crippen LogP contribution in [0.5, 0.6) is 0 Å². The van der Waals surface area contributed by atoms with Crippen LogP contribution in [-0.2, 0) is 4.79 Å². The van der Waals surface area contributed by atoms with Gasteiger partial charge < -0.3 is 10.2 Å². The topological polar surface area (TPSA) is 61.4 Å². The third-order valence-electron chi connectivity index (χ3n) is 6.57. The molecule has 0 bridgehead atoms. The first-order valence-electron chi connectivity index (χ1n) is 11.8. The van der Waals surface area contributed by atoms with Crippen LogP contribution in [0.1, 0.15) is 90.9 Å². The van der Waals surface area contributed by atoms with Crippen molar-refractivity contribution in [3.05, 3.63) is 0 Å². The monoisotopic (exact) mass is 393 g/mol. The summed E-state index contributed by atoms with van der Waals surface area (Å²) in [6.07, 6.45) is 15.7. The van der Waals surface area contributed by atoms with Gasteiger partial charge in [-0.1, -0.05) is 65.2 Å². The van der Waals surface area contributed by atoms with Crippen LogP contribution < -0.4 is 10.6 Å². The summed E-state index contributed by atoms with van der Waals surface area (Å²) in [6.45, 7) is 6.84. The number of imide groups is 1. The zero-order valence-corrected chi connectivity index (χ0v) is 18.5. The Hall–Kier alpha value is -1.10. The average molecular weight is 394 g/mol. The fraction of sp³-hybridized carbons (Fsp3) is 0.913. The van der Waals surface area contributed by atoms with Gasteiger partial charge >= 0.3 is 6.03 Å². The molecule has 1 saturated carbocycles. The van der Waals surface area contributed by atoms with Crippen molar-refractivity contribution in [3.63, 3.8) is 0 Å². The molecule has 162 valence electrons. The fourth-order valence-corrected chi connectivity index (χ4v) is 5.21.